The van der Waals surface area contributed by atoms with Gasteiger partial charge in [-0.1, -0.05) is 0 Å². The molecule has 114 valence electrons. The van der Waals surface area contributed by atoms with Crippen LogP contribution in [0.4, 0.5) is 35.1 Å². The number of halogens is 8. The van der Waals surface area contributed by atoms with Crippen molar-refractivity contribution in [2.75, 3.05) is 0 Å². The number of hydrogen-bond acceptors (Lipinski definition) is 3. The molecule has 12 heteroatoms. The van der Waals surface area contributed by atoms with Gasteiger partial charge in [-0.15, -0.1) is 0 Å². The van der Waals surface area contributed by atoms with E-state index >= 15 is 0 Å². The third-order valence-electron chi connectivity index (χ3n) is 1.97. The molecule has 0 unspecified atom stereocenters. The summed E-state index contributed by atoms with van der Waals surface area (Å²) in [6, 6.07) is 0. The number of carboxylic acid groups (broad SMARTS) is 1. The molecule has 1 N–H and O–H groups in total. The summed E-state index contributed by atoms with van der Waals surface area (Å²) in [5, 5.41) is 8.39. The molecular formula is C8H3F8NO3. The lowest BCUT2D eigenvalue weighted by molar-refractivity contribution is -0.258. The van der Waals surface area contributed by atoms with Crippen LogP contribution < -0.4 is 0 Å². The molecule has 0 radical (unpaired) electrons. The molecule has 0 spiro atoms. The van der Waals surface area contributed by atoms with Crippen molar-refractivity contribution < 1.29 is 49.4 Å². The average Bonchev–Trinajstić information content (AvgIpc) is 2.57. The summed E-state index contributed by atoms with van der Waals surface area (Å²) in [7, 11) is 0. The highest BCUT2D eigenvalue weighted by Gasteiger charge is 2.61. The first-order valence-corrected chi connectivity index (χ1v) is 4.51. The molecule has 0 aliphatic rings. The van der Waals surface area contributed by atoms with E-state index in [-0.39, 0.29) is 0 Å². The van der Waals surface area contributed by atoms with E-state index < -0.39 is 48.0 Å². The van der Waals surface area contributed by atoms with Gasteiger partial charge >= 0.3 is 18.3 Å². The average molecular weight is 313 g/mol. The van der Waals surface area contributed by atoms with Crippen LogP contribution in [0.25, 0.3) is 0 Å². The zero-order valence-corrected chi connectivity index (χ0v) is 8.89. The van der Waals surface area contributed by atoms with Crippen LogP contribution in [-0.2, 0) is 0 Å². The fourth-order valence-electron chi connectivity index (χ4n) is 1.24. The molecule has 1 aromatic rings. The normalized spacial score (nSPS) is 13.3. The molecule has 0 bridgehead atoms. The lowest BCUT2D eigenvalue weighted by Gasteiger charge is -2.19. The first-order chi connectivity index (χ1) is 8.85. The molecule has 1 heterocycles. The van der Waals surface area contributed by atoms with E-state index in [1.54, 1.807) is 0 Å². The Morgan fingerprint density at radius 1 is 1.10 bits per heavy atom. The lowest BCUT2D eigenvalue weighted by atomic mass is 10.1. The maximum atomic E-state index is 12.3. The molecule has 0 aliphatic heterocycles. The van der Waals surface area contributed by atoms with Gasteiger partial charge in [0.1, 0.15) is 0 Å². The summed E-state index contributed by atoms with van der Waals surface area (Å²) in [5.41, 5.74) is -1.80. The molecule has 0 aliphatic carbocycles. The molecule has 0 amide bonds. The highest BCUT2D eigenvalue weighted by molar-refractivity contribution is 5.85. The van der Waals surface area contributed by atoms with Crippen molar-refractivity contribution in [1.29, 1.82) is 0 Å². The van der Waals surface area contributed by atoms with Crippen molar-refractivity contribution in [3.8, 4) is 0 Å². The Balaban J connectivity index is 3.44. The Labute approximate surface area is 104 Å². The third-order valence-corrected chi connectivity index (χ3v) is 1.97. The Hall–Kier alpha value is -1.88. The molecule has 1 aromatic heterocycles. The number of aromatic carboxylic acids is 1. The van der Waals surface area contributed by atoms with E-state index in [2.05, 4.69) is 9.40 Å². The Morgan fingerprint density at radius 2 is 1.55 bits per heavy atom. The van der Waals surface area contributed by atoms with Gasteiger partial charge in [0.15, 0.2) is 5.69 Å². The standard InChI is InChI=1S/C8H3F8NO3/c9-4(10)1-2(6(18)19)20-5(17-1)3(7(11,12)13)8(14,15)16/h3-4H,(H,18,19). The van der Waals surface area contributed by atoms with Gasteiger partial charge in [0.05, 0.1) is 0 Å². The van der Waals surface area contributed by atoms with E-state index in [4.69, 9.17) is 5.11 Å². The predicted octanol–water partition coefficient (Wildman–Crippen LogP) is 3.52. The Bertz CT molecular complexity index is 489. The van der Waals surface area contributed by atoms with E-state index in [1.165, 1.54) is 0 Å². The molecule has 0 saturated carbocycles. The van der Waals surface area contributed by atoms with E-state index in [0.717, 1.165) is 0 Å². The van der Waals surface area contributed by atoms with Crippen LogP contribution in [0, 0.1) is 0 Å². The largest absolute Gasteiger partial charge is 0.475 e. The smallest absolute Gasteiger partial charge is 0.409 e. The molecule has 0 aromatic carbocycles. The first-order valence-electron chi connectivity index (χ1n) is 4.51. The summed E-state index contributed by atoms with van der Waals surface area (Å²) in [6.07, 6.45) is -15.6. The van der Waals surface area contributed by atoms with Crippen molar-refractivity contribution in [2.24, 2.45) is 0 Å². The maximum absolute atomic E-state index is 12.3. The van der Waals surface area contributed by atoms with Crippen LogP contribution in [0.2, 0.25) is 0 Å². The molecule has 0 atom stereocenters. The van der Waals surface area contributed by atoms with E-state index in [0.29, 0.717) is 0 Å². The third kappa shape index (κ3) is 3.17. The van der Waals surface area contributed by atoms with Crippen molar-refractivity contribution in [3.63, 3.8) is 0 Å². The summed E-state index contributed by atoms with van der Waals surface area (Å²) < 4.78 is 102. The molecule has 1 rings (SSSR count). The first kappa shape index (κ1) is 16.2. The number of oxazole rings is 1. The number of aromatic nitrogens is 1. The highest BCUT2D eigenvalue weighted by Crippen LogP contribution is 2.46. The summed E-state index contributed by atoms with van der Waals surface area (Å²) in [6.45, 7) is 0. The van der Waals surface area contributed by atoms with Gasteiger partial charge < -0.3 is 9.52 Å². The number of nitrogens with zero attached hydrogens (tertiary/aromatic N) is 1. The van der Waals surface area contributed by atoms with E-state index in [9.17, 15) is 39.9 Å². The van der Waals surface area contributed by atoms with Crippen LogP contribution in [-0.4, -0.2) is 28.4 Å². The number of carbonyl (C=O) groups is 1. The minimum absolute atomic E-state index is 1.77. The van der Waals surface area contributed by atoms with Gasteiger partial charge in [-0.05, 0) is 0 Å². The van der Waals surface area contributed by atoms with Crippen LogP contribution in [0.5, 0.6) is 0 Å². The Morgan fingerprint density at radius 3 is 1.80 bits per heavy atom. The molecule has 4 nitrogen and oxygen atoms in total. The SMILES string of the molecule is O=C(O)c1oc(C(C(F)(F)F)C(F)(F)F)nc1C(F)F. The Kier molecular flexibility index (Phi) is 3.97. The molecule has 20 heavy (non-hydrogen) atoms. The van der Waals surface area contributed by atoms with E-state index in [1.807, 2.05) is 0 Å². The van der Waals surface area contributed by atoms with Crippen LogP contribution in [0.3, 0.4) is 0 Å². The zero-order chi connectivity index (χ0) is 15.9. The molecule has 0 fully saturated rings. The van der Waals surface area contributed by atoms with Gasteiger partial charge in [-0.25, -0.2) is 18.6 Å². The fourth-order valence-corrected chi connectivity index (χ4v) is 1.24. The van der Waals surface area contributed by atoms with Crippen LogP contribution >= 0.6 is 0 Å². The second-order valence-electron chi connectivity index (χ2n) is 3.39. The minimum atomic E-state index is -5.93. The quantitative estimate of drug-likeness (QED) is 0.867. The molecule has 0 saturated heterocycles. The molecular weight excluding hydrogens is 310 g/mol. The van der Waals surface area contributed by atoms with Gasteiger partial charge in [0, 0.05) is 0 Å². The van der Waals surface area contributed by atoms with Crippen LogP contribution in [0.1, 0.15) is 34.5 Å². The number of rotatable bonds is 3. The van der Waals surface area contributed by atoms with Crippen LogP contribution in [0.15, 0.2) is 4.42 Å². The van der Waals surface area contributed by atoms with Gasteiger partial charge in [0.2, 0.25) is 17.6 Å². The van der Waals surface area contributed by atoms with Gasteiger partial charge in [0.25, 0.3) is 6.43 Å². The second-order valence-corrected chi connectivity index (χ2v) is 3.39. The number of hydrogen-bond donors (Lipinski definition) is 1. The monoisotopic (exact) mass is 313 g/mol. The summed E-state index contributed by atoms with van der Waals surface area (Å²) in [4.78, 5) is 12.8. The van der Waals surface area contributed by atoms with Crippen molar-refractivity contribution in [2.45, 2.75) is 24.7 Å². The number of alkyl halides is 8. The minimum Gasteiger partial charge on any atom is -0.475 e. The predicted molar refractivity (Wildman–Crippen MR) is 43.3 cm³/mol. The van der Waals surface area contributed by atoms with Crippen molar-refractivity contribution in [1.82, 2.24) is 4.98 Å². The summed E-state index contributed by atoms with van der Waals surface area (Å²) in [5.74, 6) is -10.5. The lowest BCUT2D eigenvalue weighted by Crippen LogP contribution is -2.34. The summed E-state index contributed by atoms with van der Waals surface area (Å²) >= 11 is 0. The fraction of sp³-hybridized carbons (Fsp3) is 0.500. The maximum Gasteiger partial charge on any atom is 0.409 e. The van der Waals surface area contributed by atoms with Gasteiger partial charge in [-0.2, -0.15) is 26.3 Å². The topological polar surface area (TPSA) is 63.3 Å². The van der Waals surface area contributed by atoms with Gasteiger partial charge in [-0.3, -0.25) is 0 Å². The van der Waals surface area contributed by atoms with Crippen molar-refractivity contribution >= 4 is 5.97 Å². The zero-order valence-electron chi connectivity index (χ0n) is 8.89. The van der Waals surface area contributed by atoms with Crippen molar-refractivity contribution in [3.05, 3.63) is 17.3 Å². The number of carboxylic acids is 1. The highest BCUT2D eigenvalue weighted by atomic mass is 19.4. The second kappa shape index (κ2) is 4.90.